The fraction of sp³-hybridized carbons (Fsp3) is 1.00. The lowest BCUT2D eigenvalue weighted by atomic mass is 10.3. The van der Waals surface area contributed by atoms with E-state index in [1.54, 1.807) is 0 Å². The molecule has 0 aromatic rings. The Bertz CT molecular complexity index is 332. The van der Waals surface area contributed by atoms with Gasteiger partial charge in [-0.2, -0.15) is 17.0 Å². The molecule has 17 heavy (non-hydrogen) atoms. The van der Waals surface area contributed by atoms with Gasteiger partial charge in [0.25, 0.3) is 10.2 Å². The van der Waals surface area contributed by atoms with Gasteiger partial charge >= 0.3 is 0 Å². The fourth-order valence-electron chi connectivity index (χ4n) is 1.99. The van der Waals surface area contributed by atoms with Crippen molar-refractivity contribution in [3.63, 3.8) is 0 Å². The van der Waals surface area contributed by atoms with E-state index in [4.69, 9.17) is 16.3 Å². The number of halogens is 1. The molecule has 7 heteroatoms. The van der Waals surface area contributed by atoms with Crippen molar-refractivity contribution in [2.45, 2.75) is 33.0 Å². The average molecular weight is 285 g/mol. The van der Waals surface area contributed by atoms with E-state index in [9.17, 15) is 8.42 Å². The van der Waals surface area contributed by atoms with Crippen molar-refractivity contribution in [2.24, 2.45) is 0 Å². The zero-order chi connectivity index (χ0) is 13.1. The minimum atomic E-state index is -3.37. The van der Waals surface area contributed by atoms with Crippen molar-refractivity contribution in [1.82, 2.24) is 8.61 Å². The molecule has 1 rings (SSSR count). The van der Waals surface area contributed by atoms with Crippen LogP contribution >= 0.6 is 11.6 Å². The maximum absolute atomic E-state index is 12.3. The molecule has 1 aliphatic heterocycles. The van der Waals surface area contributed by atoms with Crippen molar-refractivity contribution in [3.05, 3.63) is 0 Å². The number of hydrogen-bond donors (Lipinski definition) is 0. The summed E-state index contributed by atoms with van der Waals surface area (Å²) in [7, 11) is -3.37. The summed E-state index contributed by atoms with van der Waals surface area (Å²) in [5.74, 6) is 0.314. The maximum Gasteiger partial charge on any atom is 0.282 e. The predicted octanol–water partition coefficient (Wildman–Crippen LogP) is 0.901. The van der Waals surface area contributed by atoms with Gasteiger partial charge in [-0.3, -0.25) is 0 Å². The predicted molar refractivity (Wildman–Crippen MR) is 68.5 cm³/mol. The Hall–Kier alpha value is 0.120. The van der Waals surface area contributed by atoms with E-state index in [-0.39, 0.29) is 12.2 Å². The van der Waals surface area contributed by atoms with Crippen molar-refractivity contribution in [2.75, 3.05) is 32.1 Å². The Kier molecular flexibility index (Phi) is 5.66. The second kappa shape index (κ2) is 6.33. The number of morpholine rings is 1. The molecule has 0 aromatic heterocycles. The zero-order valence-electron chi connectivity index (χ0n) is 10.6. The lowest BCUT2D eigenvalue weighted by Gasteiger charge is -2.37. The van der Waals surface area contributed by atoms with Crippen LogP contribution in [0.15, 0.2) is 0 Å². The molecular weight excluding hydrogens is 264 g/mol. The summed E-state index contributed by atoms with van der Waals surface area (Å²) in [5.41, 5.74) is 0. The third-order valence-electron chi connectivity index (χ3n) is 2.82. The van der Waals surface area contributed by atoms with Crippen LogP contribution in [-0.2, 0) is 14.9 Å². The Morgan fingerprint density at radius 2 is 1.94 bits per heavy atom. The lowest BCUT2D eigenvalue weighted by molar-refractivity contribution is -0.0436. The highest BCUT2D eigenvalue weighted by Crippen LogP contribution is 2.18. The molecule has 1 aliphatic rings. The Labute approximate surface area is 109 Å². The van der Waals surface area contributed by atoms with E-state index in [2.05, 4.69) is 0 Å². The smallest absolute Gasteiger partial charge is 0.282 e. The normalized spacial score (nSPS) is 27.6. The monoisotopic (exact) mass is 284 g/mol. The van der Waals surface area contributed by atoms with E-state index in [0.717, 1.165) is 0 Å². The second-order valence-electron chi connectivity index (χ2n) is 4.13. The molecular formula is C10H21ClN2O3S. The summed E-state index contributed by atoms with van der Waals surface area (Å²) in [6.07, 6.45) is -0.330. The molecule has 0 bridgehead atoms. The first kappa shape index (κ1) is 15.2. The Balaban J connectivity index is 2.83. The fourth-order valence-corrected chi connectivity index (χ4v) is 3.89. The third kappa shape index (κ3) is 3.54. The number of nitrogens with zero attached hydrogens (tertiary/aromatic N) is 2. The highest BCUT2D eigenvalue weighted by molar-refractivity contribution is 7.86. The van der Waals surface area contributed by atoms with Gasteiger partial charge in [-0.25, -0.2) is 0 Å². The lowest BCUT2D eigenvalue weighted by Crippen LogP contribution is -2.54. The van der Waals surface area contributed by atoms with Crippen LogP contribution in [-0.4, -0.2) is 61.3 Å². The molecule has 0 amide bonds. The number of ether oxygens (including phenoxy) is 1. The number of rotatable bonds is 5. The molecule has 0 aliphatic carbocycles. The second-order valence-corrected chi connectivity index (χ2v) is 6.37. The molecule has 0 radical (unpaired) electrons. The van der Waals surface area contributed by atoms with Crippen molar-refractivity contribution < 1.29 is 13.2 Å². The molecule has 0 spiro atoms. The summed E-state index contributed by atoms with van der Waals surface area (Å²) in [4.78, 5) is 0. The zero-order valence-corrected chi connectivity index (χ0v) is 12.2. The largest absolute Gasteiger partial charge is 0.371 e. The minimum Gasteiger partial charge on any atom is -0.371 e. The van der Waals surface area contributed by atoms with Crippen molar-refractivity contribution >= 4 is 21.8 Å². The topological polar surface area (TPSA) is 49.9 Å². The minimum absolute atomic E-state index is 0.113. The third-order valence-corrected chi connectivity index (χ3v) is 5.29. The molecule has 1 fully saturated rings. The first-order chi connectivity index (χ1) is 7.95. The Morgan fingerprint density at radius 1 is 1.35 bits per heavy atom. The van der Waals surface area contributed by atoms with Crippen LogP contribution in [0.2, 0.25) is 0 Å². The average Bonchev–Trinajstić information content (AvgIpc) is 2.29. The van der Waals surface area contributed by atoms with Crippen LogP contribution in [0.3, 0.4) is 0 Å². The molecule has 2 unspecified atom stereocenters. The highest BCUT2D eigenvalue weighted by atomic mass is 35.5. The Morgan fingerprint density at radius 3 is 2.41 bits per heavy atom. The van der Waals surface area contributed by atoms with Crippen LogP contribution in [0.4, 0.5) is 0 Å². The first-order valence-corrected chi connectivity index (χ1v) is 7.85. The van der Waals surface area contributed by atoms with Gasteiger partial charge in [-0.1, -0.05) is 13.8 Å². The molecule has 0 saturated carbocycles. The molecule has 2 atom stereocenters. The van der Waals surface area contributed by atoms with Gasteiger partial charge in [-0.15, -0.1) is 11.6 Å². The van der Waals surface area contributed by atoms with Gasteiger partial charge in [0.15, 0.2) is 0 Å². The molecule has 1 heterocycles. The summed E-state index contributed by atoms with van der Waals surface area (Å²) < 4.78 is 33.1. The van der Waals surface area contributed by atoms with Crippen LogP contribution in [0, 0.1) is 0 Å². The molecule has 102 valence electrons. The first-order valence-electron chi connectivity index (χ1n) is 5.92. The standard InChI is InChI=1S/C10H21ClN2O3S/c1-4-12(5-2)17(14,15)13-7-9(3)16-10(6-11)8-13/h9-10H,4-8H2,1-3H3. The highest BCUT2D eigenvalue weighted by Gasteiger charge is 2.35. The molecule has 1 saturated heterocycles. The number of hydrogen-bond acceptors (Lipinski definition) is 3. The quantitative estimate of drug-likeness (QED) is 0.705. The number of alkyl halides is 1. The van der Waals surface area contributed by atoms with Crippen LogP contribution in [0.25, 0.3) is 0 Å². The maximum atomic E-state index is 12.3. The summed E-state index contributed by atoms with van der Waals surface area (Å²) in [6.45, 7) is 7.24. The van der Waals surface area contributed by atoms with Gasteiger partial charge in [0.1, 0.15) is 0 Å². The summed E-state index contributed by atoms with van der Waals surface area (Å²) in [6, 6.07) is 0. The van der Waals surface area contributed by atoms with E-state index >= 15 is 0 Å². The molecule has 0 aromatic carbocycles. The van der Waals surface area contributed by atoms with Crippen LogP contribution < -0.4 is 0 Å². The van der Waals surface area contributed by atoms with Crippen LogP contribution in [0.1, 0.15) is 20.8 Å². The summed E-state index contributed by atoms with van der Waals surface area (Å²) in [5, 5.41) is 0. The van der Waals surface area contributed by atoms with Gasteiger partial charge in [0, 0.05) is 32.1 Å². The van der Waals surface area contributed by atoms with E-state index < -0.39 is 10.2 Å². The van der Waals surface area contributed by atoms with Gasteiger partial charge in [-0.05, 0) is 6.92 Å². The summed E-state index contributed by atoms with van der Waals surface area (Å²) >= 11 is 5.75. The van der Waals surface area contributed by atoms with Gasteiger partial charge in [0.2, 0.25) is 0 Å². The van der Waals surface area contributed by atoms with Gasteiger partial charge in [0.05, 0.1) is 12.2 Å². The molecule has 5 nitrogen and oxygen atoms in total. The SMILES string of the molecule is CCN(CC)S(=O)(=O)N1CC(C)OC(CCl)C1. The van der Waals surface area contributed by atoms with E-state index in [1.807, 2.05) is 20.8 Å². The van der Waals surface area contributed by atoms with Gasteiger partial charge < -0.3 is 4.74 Å². The van der Waals surface area contributed by atoms with Crippen LogP contribution in [0.5, 0.6) is 0 Å². The van der Waals surface area contributed by atoms with E-state index in [0.29, 0.717) is 32.1 Å². The molecule has 0 N–H and O–H groups in total. The van der Waals surface area contributed by atoms with Crippen molar-refractivity contribution in [1.29, 1.82) is 0 Å². The van der Waals surface area contributed by atoms with Crippen molar-refractivity contribution in [3.8, 4) is 0 Å². The van der Waals surface area contributed by atoms with E-state index in [1.165, 1.54) is 8.61 Å².